The van der Waals surface area contributed by atoms with E-state index in [1.807, 2.05) is 0 Å². The summed E-state index contributed by atoms with van der Waals surface area (Å²) >= 11 is 0. The van der Waals surface area contributed by atoms with Gasteiger partial charge in [-0.2, -0.15) is 0 Å². The van der Waals surface area contributed by atoms with E-state index in [0.717, 1.165) is 19.9 Å². The molecule has 1 aliphatic rings. The van der Waals surface area contributed by atoms with Crippen LogP contribution < -0.4 is 5.32 Å². The van der Waals surface area contributed by atoms with E-state index in [0.29, 0.717) is 0 Å². The highest BCUT2D eigenvalue weighted by atomic mass is 16.5. The van der Waals surface area contributed by atoms with E-state index in [1.54, 1.807) is 0 Å². The maximum atomic E-state index is 4.83. The largest absolute Gasteiger partial charge is 0.431 e. The molecule has 2 rings (SSSR count). The molecular weight excluding hydrogens is 134 g/mol. The predicted molar refractivity (Wildman–Crippen MR) is 33.1 cm³/mol. The zero-order valence-electron chi connectivity index (χ0n) is 5.49. The van der Waals surface area contributed by atoms with Crippen molar-refractivity contribution in [2.45, 2.75) is 0 Å². The average Bonchev–Trinajstić information content (AvgIpc) is 2.67. The van der Waals surface area contributed by atoms with E-state index in [2.05, 4.69) is 19.9 Å². The smallest absolute Gasteiger partial charge is 0.203 e. The van der Waals surface area contributed by atoms with E-state index in [-0.39, 0.29) is 0 Å². The third-order valence-corrected chi connectivity index (χ3v) is 0.910. The highest BCUT2D eigenvalue weighted by Crippen LogP contribution is 1.75. The Labute approximate surface area is 58.4 Å². The van der Waals surface area contributed by atoms with Crippen molar-refractivity contribution in [2.24, 2.45) is 0 Å². The molecule has 0 aromatic carbocycles. The van der Waals surface area contributed by atoms with Crippen LogP contribution in [0.25, 0.3) is 0 Å². The monoisotopic (exact) mass is 143 g/mol. The lowest BCUT2D eigenvalue weighted by Crippen LogP contribution is -2.05. The molecule has 0 bridgehead atoms. The Hall–Kier alpha value is -0.940. The quantitative estimate of drug-likeness (QED) is 0.537. The number of hydrogen-bond donors (Lipinski definition) is 1. The molecule has 0 unspecified atom stereocenters. The number of ether oxygens (including phenoxy) is 1. The van der Waals surface area contributed by atoms with Crippen LogP contribution in [0.5, 0.6) is 0 Å². The van der Waals surface area contributed by atoms with Gasteiger partial charge in [-0.05, 0) is 0 Å². The molecule has 0 radical (unpaired) electrons. The number of hydrogen-bond acceptors (Lipinski definition) is 5. The first-order valence-electron chi connectivity index (χ1n) is 2.97. The molecule has 1 aromatic rings. The summed E-state index contributed by atoms with van der Waals surface area (Å²) in [6, 6.07) is 0. The highest BCUT2D eigenvalue weighted by molar-refractivity contribution is 4.43. The minimum Gasteiger partial charge on any atom is -0.431 e. The molecular formula is C5H9N3O2. The summed E-state index contributed by atoms with van der Waals surface area (Å²) in [6.45, 7) is 2.67. The van der Waals surface area contributed by atoms with Crippen molar-refractivity contribution in [3.8, 4) is 0 Å². The molecule has 1 aliphatic heterocycles. The Morgan fingerprint density at radius 2 is 2.10 bits per heavy atom. The normalized spacial score (nSPS) is 16.0. The lowest BCUT2D eigenvalue weighted by Gasteiger charge is -1.76. The molecule has 0 saturated carbocycles. The SMILES string of the molecule is C1COCN1.c1nnco1. The fourth-order valence-electron chi connectivity index (χ4n) is 0.497. The van der Waals surface area contributed by atoms with E-state index >= 15 is 0 Å². The molecule has 56 valence electrons. The molecule has 1 N–H and O–H groups in total. The van der Waals surface area contributed by atoms with Crippen molar-refractivity contribution in [1.82, 2.24) is 15.5 Å². The van der Waals surface area contributed by atoms with Crippen LogP contribution in [0.3, 0.4) is 0 Å². The second-order valence-electron chi connectivity index (χ2n) is 1.63. The number of rotatable bonds is 0. The summed E-state index contributed by atoms with van der Waals surface area (Å²) in [6.07, 6.45) is 2.53. The van der Waals surface area contributed by atoms with Gasteiger partial charge in [0.2, 0.25) is 12.8 Å². The van der Waals surface area contributed by atoms with E-state index in [4.69, 9.17) is 4.74 Å². The molecule has 1 aromatic heterocycles. The summed E-state index contributed by atoms with van der Waals surface area (Å²) < 4.78 is 9.19. The van der Waals surface area contributed by atoms with Gasteiger partial charge in [0.1, 0.15) is 0 Å². The first kappa shape index (κ1) is 7.17. The fraction of sp³-hybridized carbons (Fsp3) is 0.600. The lowest BCUT2D eigenvalue weighted by atomic mass is 10.7. The Bertz CT molecular complexity index is 114. The van der Waals surface area contributed by atoms with Crippen molar-refractivity contribution in [2.75, 3.05) is 19.9 Å². The molecule has 2 heterocycles. The summed E-state index contributed by atoms with van der Waals surface area (Å²) in [7, 11) is 0. The van der Waals surface area contributed by atoms with Crippen LogP contribution in [-0.4, -0.2) is 30.1 Å². The van der Waals surface area contributed by atoms with Crippen LogP contribution in [0.4, 0.5) is 0 Å². The van der Waals surface area contributed by atoms with E-state index < -0.39 is 0 Å². The van der Waals surface area contributed by atoms with Gasteiger partial charge in [-0.15, -0.1) is 10.2 Å². The molecule has 0 atom stereocenters. The van der Waals surface area contributed by atoms with Gasteiger partial charge in [0, 0.05) is 6.54 Å². The van der Waals surface area contributed by atoms with Crippen LogP contribution in [0.2, 0.25) is 0 Å². The van der Waals surface area contributed by atoms with Gasteiger partial charge in [0.25, 0.3) is 0 Å². The maximum absolute atomic E-state index is 4.83. The van der Waals surface area contributed by atoms with Gasteiger partial charge in [-0.25, -0.2) is 0 Å². The average molecular weight is 143 g/mol. The first-order valence-corrected chi connectivity index (χ1v) is 2.97. The standard InChI is InChI=1S/C3H7NO.C2H2N2O/c1-2-5-3-4-1;1-3-4-2-5-1/h4H,1-3H2;1-2H. The topological polar surface area (TPSA) is 60.2 Å². The van der Waals surface area contributed by atoms with E-state index in [9.17, 15) is 0 Å². The van der Waals surface area contributed by atoms with Crippen LogP contribution in [0.1, 0.15) is 0 Å². The van der Waals surface area contributed by atoms with Crippen molar-refractivity contribution < 1.29 is 9.15 Å². The Kier molecular flexibility index (Phi) is 3.51. The van der Waals surface area contributed by atoms with Gasteiger partial charge >= 0.3 is 0 Å². The minimum atomic E-state index is 0.750. The van der Waals surface area contributed by atoms with Crippen LogP contribution in [0, 0.1) is 0 Å². The van der Waals surface area contributed by atoms with Crippen molar-refractivity contribution in [3.05, 3.63) is 12.8 Å². The minimum absolute atomic E-state index is 0.750. The van der Waals surface area contributed by atoms with Gasteiger partial charge in [-0.3, -0.25) is 5.32 Å². The van der Waals surface area contributed by atoms with Gasteiger partial charge < -0.3 is 9.15 Å². The number of nitrogens with one attached hydrogen (secondary N) is 1. The summed E-state index contributed by atoms with van der Waals surface area (Å²) in [5.41, 5.74) is 0. The summed E-state index contributed by atoms with van der Waals surface area (Å²) in [5, 5.41) is 9.61. The predicted octanol–water partition coefficient (Wildman–Crippen LogP) is -0.367. The second-order valence-corrected chi connectivity index (χ2v) is 1.63. The summed E-state index contributed by atoms with van der Waals surface area (Å²) in [5.74, 6) is 0. The molecule has 0 spiro atoms. The van der Waals surface area contributed by atoms with Gasteiger partial charge in [0.15, 0.2) is 0 Å². The van der Waals surface area contributed by atoms with Crippen molar-refractivity contribution in [1.29, 1.82) is 0 Å². The van der Waals surface area contributed by atoms with Crippen molar-refractivity contribution >= 4 is 0 Å². The number of aromatic nitrogens is 2. The van der Waals surface area contributed by atoms with Gasteiger partial charge in [0.05, 0.1) is 13.3 Å². The molecule has 5 nitrogen and oxygen atoms in total. The maximum Gasteiger partial charge on any atom is 0.203 e. The Balaban J connectivity index is 0.0000001000. The fourth-order valence-corrected chi connectivity index (χ4v) is 0.497. The van der Waals surface area contributed by atoms with Gasteiger partial charge in [-0.1, -0.05) is 0 Å². The lowest BCUT2D eigenvalue weighted by molar-refractivity contribution is 0.194. The van der Waals surface area contributed by atoms with Crippen LogP contribution >= 0.6 is 0 Å². The van der Waals surface area contributed by atoms with Crippen LogP contribution in [0.15, 0.2) is 17.2 Å². The zero-order valence-corrected chi connectivity index (χ0v) is 5.49. The Morgan fingerprint density at radius 1 is 1.30 bits per heavy atom. The van der Waals surface area contributed by atoms with E-state index in [1.165, 1.54) is 12.8 Å². The second kappa shape index (κ2) is 4.89. The highest BCUT2D eigenvalue weighted by Gasteiger charge is 1.92. The molecule has 1 saturated heterocycles. The molecule has 0 amide bonds. The zero-order chi connectivity index (χ0) is 7.07. The third-order valence-electron chi connectivity index (χ3n) is 0.910. The third kappa shape index (κ3) is 3.16. The van der Waals surface area contributed by atoms with Crippen LogP contribution in [-0.2, 0) is 4.74 Å². The number of nitrogens with zero attached hydrogens (tertiary/aromatic N) is 2. The molecule has 10 heavy (non-hydrogen) atoms. The van der Waals surface area contributed by atoms with Crippen molar-refractivity contribution in [3.63, 3.8) is 0 Å². The summed E-state index contributed by atoms with van der Waals surface area (Å²) in [4.78, 5) is 0. The molecule has 1 fully saturated rings. The molecule has 0 aliphatic carbocycles. The molecule has 5 heteroatoms. The first-order chi connectivity index (χ1) is 5.00. The Morgan fingerprint density at radius 3 is 2.30 bits per heavy atom.